The minimum Gasteiger partial charge on any atom is -0.438 e. The van der Waals surface area contributed by atoms with Crippen LogP contribution in [0.3, 0.4) is 0 Å². The Labute approximate surface area is 117 Å². The Hall–Kier alpha value is -1.70. The molecule has 0 radical (unpaired) electrons. The standard InChI is InChI=1S/C11H9ClN2O4S/c1-6(15)10-3-9(14(16)17)11(19-10)18-8-2-7(12)4-13-5-8/h2-6,15H,1H3/t6-/m0/s1. The first kappa shape index (κ1) is 13.7. The van der Waals surface area contributed by atoms with Gasteiger partial charge in [-0.1, -0.05) is 22.9 Å². The van der Waals surface area contributed by atoms with Crippen molar-refractivity contribution in [1.29, 1.82) is 0 Å². The van der Waals surface area contributed by atoms with Gasteiger partial charge < -0.3 is 9.84 Å². The van der Waals surface area contributed by atoms with Crippen LogP contribution in [0.15, 0.2) is 24.5 Å². The highest BCUT2D eigenvalue weighted by Gasteiger charge is 2.23. The van der Waals surface area contributed by atoms with E-state index in [-0.39, 0.29) is 10.8 Å². The second-order valence-corrected chi connectivity index (χ2v) is 5.18. The molecule has 0 aromatic carbocycles. The fourth-order valence-electron chi connectivity index (χ4n) is 1.34. The van der Waals surface area contributed by atoms with Crippen molar-refractivity contribution in [3.63, 3.8) is 0 Å². The van der Waals surface area contributed by atoms with E-state index in [1.165, 1.54) is 31.5 Å². The van der Waals surface area contributed by atoms with Gasteiger partial charge in [-0.15, -0.1) is 0 Å². The van der Waals surface area contributed by atoms with Crippen molar-refractivity contribution in [1.82, 2.24) is 4.98 Å². The molecule has 2 heterocycles. The van der Waals surface area contributed by atoms with Gasteiger partial charge in [-0.3, -0.25) is 15.1 Å². The third-order valence-corrected chi connectivity index (χ3v) is 3.58. The molecule has 0 amide bonds. The summed E-state index contributed by atoms with van der Waals surface area (Å²) in [5.41, 5.74) is -0.194. The van der Waals surface area contributed by atoms with Crippen molar-refractivity contribution in [2.24, 2.45) is 0 Å². The van der Waals surface area contributed by atoms with Gasteiger partial charge in [0.25, 0.3) is 5.06 Å². The van der Waals surface area contributed by atoms with Gasteiger partial charge in [-0.05, 0) is 6.92 Å². The molecular formula is C11H9ClN2O4S. The van der Waals surface area contributed by atoms with Crippen LogP contribution in [0.25, 0.3) is 0 Å². The Morgan fingerprint density at radius 1 is 1.53 bits per heavy atom. The van der Waals surface area contributed by atoms with Crippen molar-refractivity contribution >= 4 is 28.6 Å². The maximum absolute atomic E-state index is 10.9. The summed E-state index contributed by atoms with van der Waals surface area (Å²) < 4.78 is 5.40. The van der Waals surface area contributed by atoms with Gasteiger partial charge in [0.1, 0.15) is 5.75 Å². The van der Waals surface area contributed by atoms with E-state index in [1.807, 2.05) is 0 Å². The van der Waals surface area contributed by atoms with Crippen LogP contribution in [0.1, 0.15) is 17.9 Å². The molecular weight excluding hydrogens is 292 g/mol. The lowest BCUT2D eigenvalue weighted by atomic mass is 10.3. The molecule has 0 aliphatic heterocycles. The van der Waals surface area contributed by atoms with Crippen LogP contribution in [-0.2, 0) is 0 Å². The lowest BCUT2D eigenvalue weighted by molar-refractivity contribution is -0.385. The highest BCUT2D eigenvalue weighted by atomic mass is 35.5. The predicted molar refractivity (Wildman–Crippen MR) is 70.9 cm³/mol. The van der Waals surface area contributed by atoms with Crippen LogP contribution >= 0.6 is 22.9 Å². The van der Waals surface area contributed by atoms with E-state index in [0.29, 0.717) is 15.6 Å². The van der Waals surface area contributed by atoms with Crippen molar-refractivity contribution in [2.45, 2.75) is 13.0 Å². The topological polar surface area (TPSA) is 85.5 Å². The summed E-state index contributed by atoms with van der Waals surface area (Å²) in [5.74, 6) is 0.301. The molecule has 6 nitrogen and oxygen atoms in total. The van der Waals surface area contributed by atoms with Crippen LogP contribution in [0.5, 0.6) is 10.8 Å². The fourth-order valence-corrected chi connectivity index (χ4v) is 2.44. The van der Waals surface area contributed by atoms with Gasteiger partial charge in [0.15, 0.2) is 0 Å². The second kappa shape index (κ2) is 5.52. The second-order valence-electron chi connectivity index (χ2n) is 3.70. The Balaban J connectivity index is 2.36. The number of rotatable bonds is 4. The summed E-state index contributed by atoms with van der Waals surface area (Å²) in [6.45, 7) is 1.53. The number of hydrogen-bond acceptors (Lipinski definition) is 6. The van der Waals surface area contributed by atoms with Crippen LogP contribution in [0.2, 0.25) is 5.02 Å². The monoisotopic (exact) mass is 300 g/mol. The van der Waals surface area contributed by atoms with Crippen molar-refractivity contribution < 1.29 is 14.8 Å². The molecule has 19 heavy (non-hydrogen) atoms. The van der Waals surface area contributed by atoms with E-state index in [4.69, 9.17) is 16.3 Å². The van der Waals surface area contributed by atoms with E-state index < -0.39 is 11.0 Å². The summed E-state index contributed by atoms with van der Waals surface area (Å²) in [7, 11) is 0. The highest BCUT2D eigenvalue weighted by molar-refractivity contribution is 7.14. The molecule has 2 rings (SSSR count). The van der Waals surface area contributed by atoms with E-state index in [0.717, 1.165) is 11.3 Å². The van der Waals surface area contributed by atoms with E-state index >= 15 is 0 Å². The van der Waals surface area contributed by atoms with Gasteiger partial charge in [-0.2, -0.15) is 0 Å². The van der Waals surface area contributed by atoms with Gasteiger partial charge in [0, 0.05) is 23.2 Å². The molecule has 8 heteroatoms. The Bertz CT molecular complexity index is 614. The maximum Gasteiger partial charge on any atom is 0.323 e. The molecule has 2 aromatic heterocycles. The predicted octanol–water partition coefficient (Wildman–Crippen LogP) is 3.55. The summed E-state index contributed by atoms with van der Waals surface area (Å²) in [5, 5.41) is 20.8. The number of nitro groups is 1. The minimum atomic E-state index is -0.793. The van der Waals surface area contributed by atoms with Crippen molar-refractivity contribution in [2.75, 3.05) is 0 Å². The number of hydrogen-bond donors (Lipinski definition) is 1. The molecule has 0 saturated heterocycles. The molecule has 0 unspecified atom stereocenters. The molecule has 0 aliphatic carbocycles. The van der Waals surface area contributed by atoms with Crippen LogP contribution in [0, 0.1) is 10.1 Å². The summed E-state index contributed by atoms with van der Waals surface area (Å²) in [6, 6.07) is 2.79. The first-order valence-corrected chi connectivity index (χ1v) is 6.41. The SMILES string of the molecule is C[C@H](O)c1cc([N+](=O)[O-])c(Oc2cncc(Cl)c2)s1. The van der Waals surface area contributed by atoms with Crippen molar-refractivity contribution in [3.8, 4) is 10.8 Å². The van der Waals surface area contributed by atoms with Crippen LogP contribution in [-0.4, -0.2) is 15.0 Å². The highest BCUT2D eigenvalue weighted by Crippen LogP contribution is 2.41. The first-order valence-electron chi connectivity index (χ1n) is 5.22. The fraction of sp³-hybridized carbons (Fsp3) is 0.182. The Morgan fingerprint density at radius 3 is 2.84 bits per heavy atom. The quantitative estimate of drug-likeness (QED) is 0.689. The number of pyridine rings is 1. The molecule has 0 bridgehead atoms. The van der Waals surface area contributed by atoms with Gasteiger partial charge >= 0.3 is 5.69 Å². The Morgan fingerprint density at radius 2 is 2.26 bits per heavy atom. The van der Waals surface area contributed by atoms with E-state index in [2.05, 4.69) is 4.98 Å². The smallest absolute Gasteiger partial charge is 0.323 e. The zero-order valence-corrected chi connectivity index (χ0v) is 11.3. The summed E-state index contributed by atoms with van der Waals surface area (Å²) in [4.78, 5) is 14.6. The summed E-state index contributed by atoms with van der Waals surface area (Å²) in [6.07, 6.45) is 2.04. The molecule has 1 N–H and O–H groups in total. The van der Waals surface area contributed by atoms with Gasteiger partial charge in [0.05, 0.1) is 22.2 Å². The Kier molecular flexibility index (Phi) is 3.98. The molecule has 1 atom stereocenters. The summed E-state index contributed by atoms with van der Waals surface area (Å²) >= 11 is 6.77. The number of halogens is 1. The van der Waals surface area contributed by atoms with Crippen LogP contribution < -0.4 is 4.74 Å². The number of ether oxygens (including phenoxy) is 1. The normalized spacial score (nSPS) is 12.2. The maximum atomic E-state index is 10.9. The lowest BCUT2D eigenvalue weighted by Gasteiger charge is -2.02. The molecule has 0 aliphatic rings. The van der Waals surface area contributed by atoms with E-state index in [9.17, 15) is 15.2 Å². The first-order chi connectivity index (χ1) is 8.97. The largest absolute Gasteiger partial charge is 0.438 e. The number of aliphatic hydroxyl groups excluding tert-OH is 1. The van der Waals surface area contributed by atoms with E-state index in [1.54, 1.807) is 0 Å². The minimum absolute atomic E-state index is 0.0879. The number of thiophene rings is 1. The molecule has 0 spiro atoms. The molecule has 0 fully saturated rings. The van der Waals surface area contributed by atoms with Gasteiger partial charge in [-0.25, -0.2) is 0 Å². The van der Waals surface area contributed by atoms with Gasteiger partial charge in [0.2, 0.25) is 0 Å². The lowest BCUT2D eigenvalue weighted by Crippen LogP contribution is -1.89. The third kappa shape index (κ3) is 3.19. The number of aromatic nitrogens is 1. The van der Waals surface area contributed by atoms with Crippen LogP contribution in [0.4, 0.5) is 5.69 Å². The average molecular weight is 301 g/mol. The number of aliphatic hydroxyl groups is 1. The zero-order chi connectivity index (χ0) is 14.0. The third-order valence-electron chi connectivity index (χ3n) is 2.20. The molecule has 2 aromatic rings. The average Bonchev–Trinajstić information content (AvgIpc) is 2.73. The molecule has 100 valence electrons. The number of nitrogens with zero attached hydrogens (tertiary/aromatic N) is 2. The zero-order valence-electron chi connectivity index (χ0n) is 9.74. The van der Waals surface area contributed by atoms with Crippen molar-refractivity contribution in [3.05, 3.63) is 44.5 Å². The molecule has 0 saturated carbocycles.